The Morgan fingerprint density at radius 3 is 2.67 bits per heavy atom. The van der Waals surface area contributed by atoms with E-state index in [2.05, 4.69) is 0 Å². The SMILES string of the molecule is Cc1cccc2c1OCC/C(=C/c1cccc(NC(=O)C(F)(F)F)c1)C2=O. The van der Waals surface area contributed by atoms with Crippen molar-refractivity contribution < 1.29 is 27.5 Å². The predicted octanol–water partition coefficient (Wildman–Crippen LogP) is 4.54. The first-order chi connectivity index (χ1) is 12.8. The average molecular weight is 375 g/mol. The normalized spacial score (nSPS) is 15.7. The summed E-state index contributed by atoms with van der Waals surface area (Å²) in [6.45, 7) is 2.17. The topological polar surface area (TPSA) is 55.4 Å². The molecular formula is C20H16F3NO3. The van der Waals surface area contributed by atoms with Gasteiger partial charge in [0.2, 0.25) is 0 Å². The van der Waals surface area contributed by atoms with Crippen LogP contribution in [-0.4, -0.2) is 24.5 Å². The van der Waals surface area contributed by atoms with Crippen molar-refractivity contribution in [3.63, 3.8) is 0 Å². The fourth-order valence-corrected chi connectivity index (χ4v) is 2.82. The first kappa shape index (κ1) is 18.7. The van der Waals surface area contributed by atoms with Gasteiger partial charge in [0.05, 0.1) is 12.2 Å². The zero-order chi connectivity index (χ0) is 19.6. The van der Waals surface area contributed by atoms with Crippen molar-refractivity contribution in [1.29, 1.82) is 0 Å². The van der Waals surface area contributed by atoms with Crippen LogP contribution in [0.25, 0.3) is 6.08 Å². The minimum atomic E-state index is -4.97. The molecule has 2 aromatic carbocycles. The molecular weight excluding hydrogens is 359 g/mol. The first-order valence-corrected chi connectivity index (χ1v) is 8.21. The van der Waals surface area contributed by atoms with Crippen molar-refractivity contribution in [1.82, 2.24) is 0 Å². The van der Waals surface area contributed by atoms with E-state index >= 15 is 0 Å². The Balaban J connectivity index is 1.89. The van der Waals surface area contributed by atoms with Gasteiger partial charge in [0, 0.05) is 17.7 Å². The molecule has 0 radical (unpaired) electrons. The molecule has 0 unspecified atom stereocenters. The zero-order valence-electron chi connectivity index (χ0n) is 14.4. The van der Waals surface area contributed by atoms with E-state index < -0.39 is 12.1 Å². The molecule has 0 aromatic heterocycles. The molecule has 0 atom stereocenters. The molecule has 0 bridgehead atoms. The third-order valence-corrected chi connectivity index (χ3v) is 4.11. The quantitative estimate of drug-likeness (QED) is 0.784. The van der Waals surface area contributed by atoms with Gasteiger partial charge in [-0.1, -0.05) is 24.3 Å². The molecule has 140 valence electrons. The average Bonchev–Trinajstić information content (AvgIpc) is 2.75. The van der Waals surface area contributed by atoms with Crippen molar-refractivity contribution in [3.05, 3.63) is 64.7 Å². The number of nitrogens with one attached hydrogen (secondary N) is 1. The first-order valence-electron chi connectivity index (χ1n) is 8.21. The van der Waals surface area contributed by atoms with E-state index in [0.29, 0.717) is 35.5 Å². The van der Waals surface area contributed by atoms with Crippen molar-refractivity contribution in [3.8, 4) is 5.75 Å². The maximum atomic E-state index is 12.8. The molecule has 1 N–H and O–H groups in total. The molecule has 4 nitrogen and oxygen atoms in total. The third kappa shape index (κ3) is 4.19. The van der Waals surface area contributed by atoms with Crippen LogP contribution in [-0.2, 0) is 4.79 Å². The van der Waals surface area contributed by atoms with E-state index in [1.165, 1.54) is 18.2 Å². The van der Waals surface area contributed by atoms with Gasteiger partial charge in [0.25, 0.3) is 0 Å². The van der Waals surface area contributed by atoms with E-state index in [0.717, 1.165) is 5.56 Å². The second-order valence-electron chi connectivity index (χ2n) is 6.13. The maximum absolute atomic E-state index is 12.8. The molecule has 0 saturated heterocycles. The molecule has 7 heteroatoms. The Hall–Kier alpha value is -3.09. The Morgan fingerprint density at radius 1 is 1.19 bits per heavy atom. The second kappa shape index (κ2) is 7.26. The van der Waals surface area contributed by atoms with Gasteiger partial charge in [-0.2, -0.15) is 13.2 Å². The molecule has 1 aliphatic heterocycles. The van der Waals surface area contributed by atoms with Crippen molar-refractivity contribution in [2.24, 2.45) is 0 Å². The molecule has 3 rings (SSSR count). The Labute approximate surface area is 153 Å². The maximum Gasteiger partial charge on any atom is 0.471 e. The number of anilines is 1. The number of aryl methyl sites for hydroxylation is 1. The summed E-state index contributed by atoms with van der Waals surface area (Å²) < 4.78 is 42.9. The summed E-state index contributed by atoms with van der Waals surface area (Å²) in [5.74, 6) is -1.68. The molecule has 1 amide bonds. The minimum Gasteiger partial charge on any atom is -0.492 e. The number of ketones is 1. The molecule has 0 fully saturated rings. The van der Waals surface area contributed by atoms with Crippen LogP contribution >= 0.6 is 0 Å². The van der Waals surface area contributed by atoms with Crippen molar-refractivity contribution in [2.45, 2.75) is 19.5 Å². The number of carbonyl (C=O) groups excluding carboxylic acids is 2. The van der Waals surface area contributed by atoms with Crippen molar-refractivity contribution >= 4 is 23.5 Å². The largest absolute Gasteiger partial charge is 0.492 e. The highest BCUT2D eigenvalue weighted by atomic mass is 19.4. The van der Waals surface area contributed by atoms with Crippen LogP contribution in [0.5, 0.6) is 5.75 Å². The molecule has 0 spiro atoms. The molecule has 1 aliphatic rings. The highest BCUT2D eigenvalue weighted by Gasteiger charge is 2.38. The summed E-state index contributed by atoms with van der Waals surface area (Å²) in [6, 6.07) is 11.2. The number of fused-ring (bicyclic) bond motifs is 1. The van der Waals surface area contributed by atoms with Crippen LogP contribution in [0.3, 0.4) is 0 Å². The van der Waals surface area contributed by atoms with Crippen LogP contribution in [0.15, 0.2) is 48.0 Å². The summed E-state index contributed by atoms with van der Waals surface area (Å²) >= 11 is 0. The van der Waals surface area contributed by atoms with Gasteiger partial charge in [0.15, 0.2) is 5.78 Å². The Morgan fingerprint density at radius 2 is 1.93 bits per heavy atom. The number of halogens is 3. The van der Waals surface area contributed by atoms with Gasteiger partial charge in [-0.15, -0.1) is 0 Å². The number of amides is 1. The van der Waals surface area contributed by atoms with Crippen LogP contribution in [0.1, 0.15) is 27.9 Å². The number of rotatable bonds is 2. The number of ether oxygens (including phenoxy) is 1. The lowest BCUT2D eigenvalue weighted by Crippen LogP contribution is -2.29. The van der Waals surface area contributed by atoms with Gasteiger partial charge in [-0.05, 0) is 42.3 Å². The van der Waals surface area contributed by atoms with Crippen molar-refractivity contribution in [2.75, 3.05) is 11.9 Å². The predicted molar refractivity (Wildman–Crippen MR) is 94.7 cm³/mol. The molecule has 1 heterocycles. The molecule has 0 saturated carbocycles. The second-order valence-corrected chi connectivity index (χ2v) is 6.13. The van der Waals surface area contributed by atoms with Crippen LogP contribution in [0, 0.1) is 6.92 Å². The van der Waals surface area contributed by atoms with Crippen LogP contribution in [0.2, 0.25) is 0 Å². The van der Waals surface area contributed by atoms with E-state index in [1.807, 2.05) is 13.0 Å². The van der Waals surface area contributed by atoms with Gasteiger partial charge in [-0.25, -0.2) is 0 Å². The number of carbonyl (C=O) groups is 2. The monoisotopic (exact) mass is 375 g/mol. The van der Waals surface area contributed by atoms with Gasteiger partial charge in [-0.3, -0.25) is 9.59 Å². The summed E-state index contributed by atoms with van der Waals surface area (Å²) in [5, 5.41) is 1.80. The summed E-state index contributed by atoms with van der Waals surface area (Å²) in [4.78, 5) is 23.9. The minimum absolute atomic E-state index is 0.000223. The molecule has 27 heavy (non-hydrogen) atoms. The lowest BCUT2D eigenvalue weighted by atomic mass is 9.97. The van der Waals surface area contributed by atoms with Crippen LogP contribution < -0.4 is 10.1 Å². The lowest BCUT2D eigenvalue weighted by Gasteiger charge is -2.09. The smallest absolute Gasteiger partial charge is 0.471 e. The summed E-state index contributed by atoms with van der Waals surface area (Å²) in [5.41, 5.74) is 2.31. The van der Waals surface area contributed by atoms with Gasteiger partial charge < -0.3 is 10.1 Å². The van der Waals surface area contributed by atoms with E-state index in [1.54, 1.807) is 29.6 Å². The third-order valence-electron chi connectivity index (χ3n) is 4.11. The lowest BCUT2D eigenvalue weighted by molar-refractivity contribution is -0.167. The number of hydrogen-bond acceptors (Lipinski definition) is 3. The highest BCUT2D eigenvalue weighted by molar-refractivity contribution is 6.13. The summed E-state index contributed by atoms with van der Waals surface area (Å²) in [7, 11) is 0. The number of Topliss-reactive ketones (excluding diaryl/α,β-unsaturated/α-hetero) is 1. The summed E-state index contributed by atoms with van der Waals surface area (Å²) in [6.07, 6.45) is -3.00. The fraction of sp³-hybridized carbons (Fsp3) is 0.200. The highest BCUT2D eigenvalue weighted by Crippen LogP contribution is 2.30. The van der Waals surface area contributed by atoms with Gasteiger partial charge >= 0.3 is 12.1 Å². The van der Waals surface area contributed by atoms with E-state index in [9.17, 15) is 22.8 Å². The van der Waals surface area contributed by atoms with Crippen LogP contribution in [0.4, 0.5) is 18.9 Å². The Bertz CT molecular complexity index is 932. The number of hydrogen-bond donors (Lipinski definition) is 1. The fourth-order valence-electron chi connectivity index (χ4n) is 2.82. The molecule has 0 aliphatic carbocycles. The number of para-hydroxylation sites is 1. The standard InChI is InChI=1S/C20H16F3NO3/c1-12-4-2-7-16-17(25)14(8-9-27-18(12)16)10-13-5-3-6-15(11-13)24-19(26)20(21,22)23/h2-7,10-11H,8-9H2,1H3,(H,24,26)/b14-10-. The van der Waals surface area contributed by atoms with Gasteiger partial charge in [0.1, 0.15) is 5.75 Å². The zero-order valence-corrected chi connectivity index (χ0v) is 14.4. The number of benzene rings is 2. The van der Waals surface area contributed by atoms with E-state index in [4.69, 9.17) is 4.74 Å². The molecule has 2 aromatic rings. The number of alkyl halides is 3. The Kier molecular flexibility index (Phi) is 5.03. The van der Waals surface area contributed by atoms with E-state index in [-0.39, 0.29) is 11.5 Å².